The second kappa shape index (κ2) is 7.28. The molecule has 4 heteroatoms. The maximum atomic E-state index is 6.42. The van der Waals surface area contributed by atoms with Gasteiger partial charge >= 0.3 is 0 Å². The number of nitrogens with zero attached hydrogens (tertiary/aromatic N) is 2. The fraction of sp³-hybridized carbons (Fsp3) is 0.688. The molecule has 0 aromatic carbocycles. The average molecular weight is 298 g/mol. The normalized spacial score (nSPS) is 12.0. The smallest absolute Gasteiger partial charge is 0.147 e. The van der Waals surface area contributed by atoms with Gasteiger partial charge in [0, 0.05) is 30.9 Å². The molecule has 0 bridgehead atoms. The first-order chi connectivity index (χ1) is 9.24. The van der Waals surface area contributed by atoms with Gasteiger partial charge in [0.05, 0.1) is 5.02 Å². The molecule has 0 aliphatic carbocycles. The van der Waals surface area contributed by atoms with E-state index in [1.165, 1.54) is 0 Å². The second-order valence-corrected chi connectivity index (χ2v) is 6.95. The van der Waals surface area contributed by atoms with Crippen molar-refractivity contribution in [3.05, 3.63) is 22.8 Å². The van der Waals surface area contributed by atoms with Crippen LogP contribution in [0, 0.1) is 0 Å². The molecule has 0 aliphatic rings. The topological polar surface area (TPSA) is 28.2 Å². The number of rotatable bonds is 6. The van der Waals surface area contributed by atoms with Crippen LogP contribution in [-0.2, 0) is 6.54 Å². The van der Waals surface area contributed by atoms with Gasteiger partial charge < -0.3 is 10.2 Å². The van der Waals surface area contributed by atoms with Gasteiger partial charge in [-0.2, -0.15) is 0 Å². The minimum absolute atomic E-state index is 0.0946. The summed E-state index contributed by atoms with van der Waals surface area (Å²) >= 11 is 6.42. The lowest BCUT2D eigenvalue weighted by Gasteiger charge is -2.28. The molecular weight excluding hydrogens is 270 g/mol. The van der Waals surface area contributed by atoms with Gasteiger partial charge in [-0.1, -0.05) is 18.5 Å². The predicted octanol–water partition coefficient (Wildman–Crippen LogP) is 4.25. The van der Waals surface area contributed by atoms with Crippen molar-refractivity contribution in [3.63, 3.8) is 0 Å². The zero-order chi connectivity index (χ0) is 15.3. The Balaban J connectivity index is 2.86. The summed E-state index contributed by atoms with van der Waals surface area (Å²) in [7, 11) is 0. The van der Waals surface area contributed by atoms with Crippen LogP contribution in [0.2, 0.25) is 5.02 Å². The number of nitrogens with one attached hydrogen (secondary N) is 1. The van der Waals surface area contributed by atoms with E-state index in [1.54, 1.807) is 0 Å². The van der Waals surface area contributed by atoms with Crippen LogP contribution in [0.3, 0.4) is 0 Å². The molecule has 1 aromatic heterocycles. The number of anilines is 1. The summed E-state index contributed by atoms with van der Waals surface area (Å²) in [5.74, 6) is 0.892. The molecular formula is C16H28ClN3. The summed E-state index contributed by atoms with van der Waals surface area (Å²) in [6, 6.07) is 2.42. The molecule has 1 rings (SSSR count). The predicted molar refractivity (Wildman–Crippen MR) is 88.6 cm³/mol. The lowest BCUT2D eigenvalue weighted by Crippen LogP contribution is -2.35. The van der Waals surface area contributed by atoms with Crippen molar-refractivity contribution >= 4 is 17.4 Å². The molecule has 114 valence electrons. The van der Waals surface area contributed by atoms with Crippen molar-refractivity contribution in [3.8, 4) is 0 Å². The van der Waals surface area contributed by atoms with E-state index < -0.39 is 0 Å². The molecule has 1 heterocycles. The fourth-order valence-electron chi connectivity index (χ4n) is 2.00. The quantitative estimate of drug-likeness (QED) is 0.851. The Morgan fingerprint density at radius 2 is 2.00 bits per heavy atom. The Morgan fingerprint density at radius 1 is 1.35 bits per heavy atom. The summed E-state index contributed by atoms with van der Waals surface area (Å²) in [6.45, 7) is 14.7. The summed E-state index contributed by atoms with van der Waals surface area (Å²) in [6.07, 6.45) is 3.01. The largest absolute Gasteiger partial charge is 0.353 e. The van der Waals surface area contributed by atoms with Crippen LogP contribution < -0.4 is 10.2 Å². The van der Waals surface area contributed by atoms with Gasteiger partial charge in [0.15, 0.2) is 0 Å². The summed E-state index contributed by atoms with van der Waals surface area (Å²) in [5, 5.41) is 4.19. The van der Waals surface area contributed by atoms with Crippen molar-refractivity contribution in [2.45, 2.75) is 66.1 Å². The molecule has 0 amide bonds. The third-order valence-electron chi connectivity index (χ3n) is 3.06. The van der Waals surface area contributed by atoms with E-state index in [0.29, 0.717) is 6.04 Å². The van der Waals surface area contributed by atoms with Gasteiger partial charge in [0.2, 0.25) is 0 Å². The van der Waals surface area contributed by atoms with Crippen LogP contribution >= 0.6 is 11.6 Å². The molecule has 0 saturated carbocycles. The van der Waals surface area contributed by atoms with Gasteiger partial charge in [-0.25, -0.2) is 4.98 Å². The molecule has 0 unspecified atom stereocenters. The van der Waals surface area contributed by atoms with Crippen LogP contribution in [0.15, 0.2) is 12.3 Å². The first-order valence-electron chi connectivity index (χ1n) is 7.40. The Kier molecular flexibility index (Phi) is 6.28. The Hall–Kier alpha value is -0.800. The van der Waals surface area contributed by atoms with Crippen molar-refractivity contribution in [2.75, 3.05) is 11.4 Å². The van der Waals surface area contributed by atoms with Gasteiger partial charge in [-0.3, -0.25) is 0 Å². The molecule has 1 aromatic rings. The van der Waals surface area contributed by atoms with Crippen molar-refractivity contribution in [1.82, 2.24) is 10.3 Å². The van der Waals surface area contributed by atoms with Gasteiger partial charge in [-0.15, -0.1) is 0 Å². The lowest BCUT2D eigenvalue weighted by molar-refractivity contribution is 0.424. The zero-order valence-electron chi connectivity index (χ0n) is 13.6. The minimum atomic E-state index is 0.0946. The van der Waals surface area contributed by atoms with Crippen molar-refractivity contribution in [2.24, 2.45) is 0 Å². The average Bonchev–Trinajstić information content (AvgIpc) is 2.33. The number of pyridine rings is 1. The van der Waals surface area contributed by atoms with E-state index in [2.05, 4.69) is 56.7 Å². The number of hydrogen-bond acceptors (Lipinski definition) is 3. The molecule has 3 nitrogen and oxygen atoms in total. The maximum absolute atomic E-state index is 6.42. The number of halogens is 1. The lowest BCUT2D eigenvalue weighted by atomic mass is 10.1. The second-order valence-electron chi connectivity index (χ2n) is 6.54. The highest BCUT2D eigenvalue weighted by molar-refractivity contribution is 6.33. The van der Waals surface area contributed by atoms with E-state index in [1.807, 2.05) is 12.3 Å². The van der Waals surface area contributed by atoms with Crippen LogP contribution in [-0.4, -0.2) is 23.1 Å². The summed E-state index contributed by atoms with van der Waals surface area (Å²) in [5.41, 5.74) is 1.21. The Bertz CT molecular complexity index is 424. The minimum Gasteiger partial charge on any atom is -0.353 e. The number of aromatic nitrogens is 1. The summed E-state index contributed by atoms with van der Waals surface area (Å²) < 4.78 is 0. The van der Waals surface area contributed by atoms with E-state index in [9.17, 15) is 0 Å². The van der Waals surface area contributed by atoms with E-state index in [4.69, 9.17) is 11.6 Å². The van der Waals surface area contributed by atoms with Crippen molar-refractivity contribution < 1.29 is 0 Å². The highest BCUT2D eigenvalue weighted by Gasteiger charge is 2.15. The van der Waals surface area contributed by atoms with Crippen LogP contribution in [0.5, 0.6) is 0 Å². The number of hydrogen-bond donors (Lipinski definition) is 1. The molecule has 1 N–H and O–H groups in total. The Labute approximate surface area is 128 Å². The fourth-order valence-corrected chi connectivity index (χ4v) is 2.29. The molecule has 0 spiro atoms. The molecule has 0 saturated heterocycles. The van der Waals surface area contributed by atoms with Gasteiger partial charge in [-0.05, 0) is 52.7 Å². The molecule has 20 heavy (non-hydrogen) atoms. The Morgan fingerprint density at radius 3 is 2.45 bits per heavy atom. The molecule has 0 fully saturated rings. The van der Waals surface area contributed by atoms with Crippen LogP contribution in [0.4, 0.5) is 5.82 Å². The highest BCUT2D eigenvalue weighted by Crippen LogP contribution is 2.26. The molecule has 0 atom stereocenters. The monoisotopic (exact) mass is 297 g/mol. The summed E-state index contributed by atoms with van der Waals surface area (Å²) in [4.78, 5) is 6.83. The first-order valence-corrected chi connectivity index (χ1v) is 7.78. The van der Waals surface area contributed by atoms with Crippen LogP contribution in [0.1, 0.15) is 53.5 Å². The standard InChI is InChI=1S/C16H28ClN3/c1-7-8-20(12(2)3)15-14(17)9-13(10-18-15)11-19-16(4,5)6/h9-10,12,19H,7-8,11H2,1-6H3. The highest BCUT2D eigenvalue weighted by atomic mass is 35.5. The van der Waals surface area contributed by atoms with Crippen LogP contribution in [0.25, 0.3) is 0 Å². The third-order valence-corrected chi connectivity index (χ3v) is 3.34. The first kappa shape index (κ1) is 17.3. The third kappa shape index (κ3) is 5.29. The SMILES string of the molecule is CCCN(c1ncc(CNC(C)(C)C)cc1Cl)C(C)C. The molecule has 0 radical (unpaired) electrons. The maximum Gasteiger partial charge on any atom is 0.147 e. The van der Waals surface area contributed by atoms with E-state index >= 15 is 0 Å². The van der Waals surface area contributed by atoms with Gasteiger partial charge in [0.1, 0.15) is 5.82 Å². The zero-order valence-corrected chi connectivity index (χ0v) is 14.4. The van der Waals surface area contributed by atoms with Crippen molar-refractivity contribution in [1.29, 1.82) is 0 Å². The van der Waals surface area contributed by atoms with E-state index in [0.717, 1.165) is 35.9 Å². The molecule has 0 aliphatic heterocycles. The van der Waals surface area contributed by atoms with Gasteiger partial charge in [0.25, 0.3) is 0 Å². The van der Waals surface area contributed by atoms with E-state index in [-0.39, 0.29) is 5.54 Å².